The Bertz CT molecular complexity index is 825. The van der Waals surface area contributed by atoms with Crippen molar-refractivity contribution in [3.8, 4) is 0 Å². The maximum atomic E-state index is 11.9. The molecule has 178 valence electrons. The van der Waals surface area contributed by atoms with E-state index in [4.69, 9.17) is 0 Å². The molecular weight excluding hydrogens is 398 g/mol. The topological polar surface area (TPSA) is 60.8 Å². The standard InChI is InChI=1S/C28H43NO3/c1-4-18-14-20-17-21(30)8-10-27(20,2)22-9-11-28(3)23(25(18)22)15-19(16-24(31)32)26(28)29-12-6-5-7-13-29/h14,18,21-23,25,30H,4-13,15-17H2,1-3H3,(H,31,32)/t18?,21?,22-,23+,25-,27+,28+/m1/s1. The number of carbonyl (C=O) groups is 1. The Labute approximate surface area is 194 Å². The van der Waals surface area contributed by atoms with E-state index in [1.165, 1.54) is 48.9 Å². The molecule has 4 nitrogen and oxygen atoms in total. The van der Waals surface area contributed by atoms with E-state index in [2.05, 4.69) is 31.7 Å². The molecule has 7 atom stereocenters. The van der Waals surface area contributed by atoms with E-state index in [0.717, 1.165) is 45.2 Å². The molecule has 3 fully saturated rings. The van der Waals surface area contributed by atoms with Gasteiger partial charge in [0, 0.05) is 24.2 Å². The van der Waals surface area contributed by atoms with Gasteiger partial charge < -0.3 is 15.1 Å². The highest BCUT2D eigenvalue weighted by Gasteiger charge is 2.60. The van der Waals surface area contributed by atoms with Crippen LogP contribution >= 0.6 is 0 Å². The molecule has 0 radical (unpaired) electrons. The predicted octanol–water partition coefficient (Wildman–Crippen LogP) is 5.77. The summed E-state index contributed by atoms with van der Waals surface area (Å²) in [6.07, 6.45) is 13.9. The van der Waals surface area contributed by atoms with E-state index in [9.17, 15) is 15.0 Å². The van der Waals surface area contributed by atoms with Crippen LogP contribution in [0.4, 0.5) is 0 Å². The zero-order valence-electron chi connectivity index (χ0n) is 20.4. The van der Waals surface area contributed by atoms with Crippen molar-refractivity contribution in [2.24, 2.45) is 34.5 Å². The van der Waals surface area contributed by atoms with Gasteiger partial charge in [-0.1, -0.05) is 32.4 Å². The molecule has 0 aromatic carbocycles. The van der Waals surface area contributed by atoms with Crippen molar-refractivity contribution in [2.45, 2.75) is 97.5 Å². The van der Waals surface area contributed by atoms with Crippen LogP contribution in [0.25, 0.3) is 0 Å². The van der Waals surface area contributed by atoms with Crippen molar-refractivity contribution in [3.63, 3.8) is 0 Å². The molecule has 1 aliphatic heterocycles. The summed E-state index contributed by atoms with van der Waals surface area (Å²) in [4.78, 5) is 14.5. The smallest absolute Gasteiger partial charge is 0.307 e. The fourth-order valence-electron chi connectivity index (χ4n) is 9.00. The molecule has 0 amide bonds. The molecule has 2 saturated carbocycles. The summed E-state index contributed by atoms with van der Waals surface area (Å²) in [7, 11) is 0. The quantitative estimate of drug-likeness (QED) is 0.544. The van der Waals surface area contributed by atoms with E-state index < -0.39 is 5.97 Å². The first-order valence-electron chi connectivity index (χ1n) is 13.4. The van der Waals surface area contributed by atoms with Crippen LogP contribution in [-0.4, -0.2) is 40.3 Å². The van der Waals surface area contributed by atoms with Crippen LogP contribution in [0.1, 0.15) is 91.4 Å². The monoisotopic (exact) mass is 441 g/mol. The van der Waals surface area contributed by atoms with Gasteiger partial charge in [0.05, 0.1) is 12.5 Å². The third-order valence-corrected chi connectivity index (χ3v) is 10.5. The van der Waals surface area contributed by atoms with E-state index in [1.807, 2.05) is 0 Å². The minimum atomic E-state index is -0.667. The lowest BCUT2D eigenvalue weighted by Crippen LogP contribution is -2.53. The van der Waals surface area contributed by atoms with Crippen molar-refractivity contribution in [2.75, 3.05) is 13.1 Å². The molecule has 2 N–H and O–H groups in total. The van der Waals surface area contributed by atoms with E-state index in [-0.39, 0.29) is 23.4 Å². The second-order valence-corrected chi connectivity index (χ2v) is 12.1. The number of aliphatic hydroxyl groups is 1. The minimum Gasteiger partial charge on any atom is -0.481 e. The van der Waals surface area contributed by atoms with Gasteiger partial charge in [0.25, 0.3) is 0 Å². The maximum Gasteiger partial charge on any atom is 0.307 e. The average molecular weight is 442 g/mol. The largest absolute Gasteiger partial charge is 0.481 e. The molecule has 1 heterocycles. The summed E-state index contributed by atoms with van der Waals surface area (Å²) in [5, 5.41) is 20.2. The lowest BCUT2D eigenvalue weighted by atomic mass is 9.45. The Kier molecular flexibility index (Phi) is 5.75. The average Bonchev–Trinajstić information content (AvgIpc) is 3.05. The fourth-order valence-corrected chi connectivity index (χ4v) is 9.00. The molecule has 32 heavy (non-hydrogen) atoms. The lowest BCUT2D eigenvalue weighted by Gasteiger charge is -2.60. The third kappa shape index (κ3) is 3.38. The first-order chi connectivity index (χ1) is 15.3. The summed E-state index contributed by atoms with van der Waals surface area (Å²) in [6, 6.07) is 0. The minimum absolute atomic E-state index is 0.118. The maximum absolute atomic E-state index is 11.9. The molecule has 0 aromatic rings. The normalized spacial score (nSPS) is 43.9. The van der Waals surface area contributed by atoms with Crippen molar-refractivity contribution in [1.82, 2.24) is 4.90 Å². The van der Waals surface area contributed by atoms with Gasteiger partial charge in [-0.3, -0.25) is 4.79 Å². The molecule has 0 aromatic heterocycles. The van der Waals surface area contributed by atoms with Crippen LogP contribution in [0.2, 0.25) is 0 Å². The van der Waals surface area contributed by atoms with Gasteiger partial charge in [-0.15, -0.1) is 0 Å². The zero-order valence-corrected chi connectivity index (χ0v) is 20.4. The number of hydrogen-bond donors (Lipinski definition) is 2. The zero-order chi connectivity index (χ0) is 22.7. The molecule has 4 aliphatic carbocycles. The van der Waals surface area contributed by atoms with Gasteiger partial charge in [0.1, 0.15) is 0 Å². The van der Waals surface area contributed by atoms with Gasteiger partial charge in [-0.05, 0) is 98.9 Å². The highest BCUT2D eigenvalue weighted by molar-refractivity contribution is 5.70. The summed E-state index contributed by atoms with van der Waals surface area (Å²) < 4.78 is 0. The predicted molar refractivity (Wildman–Crippen MR) is 127 cm³/mol. The summed E-state index contributed by atoms with van der Waals surface area (Å²) in [5.41, 5.74) is 4.55. The Morgan fingerprint density at radius 2 is 1.78 bits per heavy atom. The van der Waals surface area contributed by atoms with Gasteiger partial charge >= 0.3 is 5.97 Å². The number of aliphatic hydroxyl groups excluding tert-OH is 1. The number of likely N-dealkylation sites (tertiary alicyclic amines) is 1. The number of aliphatic carboxylic acids is 1. The van der Waals surface area contributed by atoms with Crippen molar-refractivity contribution in [1.29, 1.82) is 0 Å². The van der Waals surface area contributed by atoms with Crippen LogP contribution in [0, 0.1) is 34.5 Å². The number of nitrogens with zero attached hydrogens (tertiary/aromatic N) is 1. The number of rotatable bonds is 4. The van der Waals surface area contributed by atoms with Crippen LogP contribution in [-0.2, 0) is 4.79 Å². The molecule has 0 bridgehead atoms. The van der Waals surface area contributed by atoms with Crippen molar-refractivity contribution >= 4 is 5.97 Å². The number of piperidine rings is 1. The SMILES string of the molecule is CCC1C=C2CC(O)CC[C@]2(C)[C@@H]2CC[C@]3(C)C(N4CCCCC4)=C(CC(=O)O)C[C@H]3[C@H]12. The Morgan fingerprint density at radius 1 is 1.06 bits per heavy atom. The first-order valence-corrected chi connectivity index (χ1v) is 13.4. The summed E-state index contributed by atoms with van der Waals surface area (Å²) in [6.45, 7) is 9.52. The van der Waals surface area contributed by atoms with Crippen molar-refractivity contribution < 1.29 is 15.0 Å². The van der Waals surface area contributed by atoms with Crippen LogP contribution in [0.15, 0.2) is 22.9 Å². The number of hydrogen-bond acceptors (Lipinski definition) is 3. The Hall–Kier alpha value is -1.29. The number of allylic oxidation sites excluding steroid dienone is 2. The van der Waals surface area contributed by atoms with Crippen molar-refractivity contribution in [3.05, 3.63) is 22.9 Å². The first kappa shape index (κ1) is 22.5. The molecule has 2 unspecified atom stereocenters. The van der Waals surface area contributed by atoms with Gasteiger partial charge in [-0.25, -0.2) is 0 Å². The second kappa shape index (κ2) is 8.18. The molecule has 4 heteroatoms. The Balaban J connectivity index is 1.54. The number of fused-ring (bicyclic) bond motifs is 5. The molecule has 0 spiro atoms. The Morgan fingerprint density at radius 3 is 2.47 bits per heavy atom. The van der Waals surface area contributed by atoms with Crippen LogP contribution < -0.4 is 0 Å². The molecule has 1 saturated heterocycles. The van der Waals surface area contributed by atoms with E-state index >= 15 is 0 Å². The van der Waals surface area contributed by atoms with Gasteiger partial charge in [-0.2, -0.15) is 0 Å². The number of carboxylic acid groups (broad SMARTS) is 1. The molecule has 5 rings (SSSR count). The highest BCUT2D eigenvalue weighted by atomic mass is 16.4. The third-order valence-electron chi connectivity index (χ3n) is 10.5. The summed E-state index contributed by atoms with van der Waals surface area (Å²) in [5.74, 6) is 1.75. The van der Waals surface area contributed by atoms with E-state index in [0.29, 0.717) is 23.7 Å². The van der Waals surface area contributed by atoms with E-state index in [1.54, 1.807) is 0 Å². The highest BCUT2D eigenvalue weighted by Crippen LogP contribution is 2.68. The fraction of sp³-hybridized carbons (Fsp3) is 0.821. The van der Waals surface area contributed by atoms with Gasteiger partial charge in [0.2, 0.25) is 0 Å². The number of carboxylic acids is 1. The van der Waals surface area contributed by atoms with Crippen LogP contribution in [0.3, 0.4) is 0 Å². The second-order valence-electron chi connectivity index (χ2n) is 12.1. The molecular formula is C28H43NO3. The van der Waals surface area contributed by atoms with Gasteiger partial charge in [0.15, 0.2) is 0 Å². The van der Waals surface area contributed by atoms with Crippen LogP contribution in [0.5, 0.6) is 0 Å². The molecule has 5 aliphatic rings. The summed E-state index contributed by atoms with van der Waals surface area (Å²) >= 11 is 0. The lowest BCUT2D eigenvalue weighted by molar-refractivity contribution is -0.136.